The average molecular weight is 456 g/mol. The topological polar surface area (TPSA) is 94.4 Å². The van der Waals surface area contributed by atoms with E-state index in [9.17, 15) is 14.9 Å². The Labute approximate surface area is 193 Å². The zero-order valence-corrected chi connectivity index (χ0v) is 19.1. The molecule has 2 saturated heterocycles. The van der Waals surface area contributed by atoms with Gasteiger partial charge in [0.25, 0.3) is 11.6 Å². The number of nitrogens with zero attached hydrogens (tertiary/aromatic N) is 3. The summed E-state index contributed by atoms with van der Waals surface area (Å²) in [7, 11) is 1.60. The van der Waals surface area contributed by atoms with E-state index in [1.54, 1.807) is 19.2 Å². The first-order chi connectivity index (χ1) is 15.8. The first-order valence-corrected chi connectivity index (χ1v) is 11.0. The lowest BCUT2D eigenvalue weighted by atomic mass is 9.87. The fourth-order valence-electron chi connectivity index (χ4n) is 4.49. The van der Waals surface area contributed by atoms with Crippen LogP contribution in [0.15, 0.2) is 48.5 Å². The Morgan fingerprint density at radius 1 is 1.12 bits per heavy atom. The summed E-state index contributed by atoms with van der Waals surface area (Å²) in [5, 5.41) is 11.1. The van der Waals surface area contributed by atoms with Crippen LogP contribution < -0.4 is 9.47 Å². The average Bonchev–Trinajstić information content (AvgIpc) is 2.83. The monoisotopic (exact) mass is 455 g/mol. The molecule has 0 aromatic heterocycles. The van der Waals surface area contributed by atoms with Crippen molar-refractivity contribution in [3.8, 4) is 11.5 Å². The molecule has 0 radical (unpaired) electrons. The van der Waals surface area contributed by atoms with Crippen LogP contribution in [0.5, 0.6) is 11.5 Å². The molecule has 176 valence electrons. The minimum atomic E-state index is -0.778. The maximum atomic E-state index is 13.3. The summed E-state index contributed by atoms with van der Waals surface area (Å²) in [5.41, 5.74) is 0.553. The van der Waals surface area contributed by atoms with Crippen molar-refractivity contribution in [3.05, 3.63) is 64.2 Å². The van der Waals surface area contributed by atoms with Gasteiger partial charge in [-0.3, -0.25) is 19.8 Å². The summed E-state index contributed by atoms with van der Waals surface area (Å²) < 4.78 is 16.9. The minimum Gasteiger partial charge on any atom is -0.497 e. The standard InChI is InChI=1S/C24H29N3O6/c1-24(2,25-10-12-32-13-11-25)16-26-21(17-6-4-8-19(14-17)31-3)22(23(26)28)33-20-9-5-7-18(15-20)27(29)30/h4-9,14-15,21-22H,10-13,16H2,1-3H3. The number of benzene rings is 2. The molecule has 2 unspecified atom stereocenters. The molecule has 2 heterocycles. The van der Waals surface area contributed by atoms with E-state index in [1.165, 1.54) is 12.1 Å². The number of morpholine rings is 1. The highest BCUT2D eigenvalue weighted by Gasteiger charge is 2.52. The maximum absolute atomic E-state index is 13.3. The smallest absolute Gasteiger partial charge is 0.273 e. The number of amides is 1. The molecule has 9 nitrogen and oxygen atoms in total. The van der Waals surface area contributed by atoms with Crippen molar-refractivity contribution in [1.82, 2.24) is 9.80 Å². The second-order valence-electron chi connectivity index (χ2n) is 8.89. The number of hydrogen-bond acceptors (Lipinski definition) is 7. The predicted octanol–water partition coefficient (Wildman–Crippen LogP) is 3.05. The van der Waals surface area contributed by atoms with Crippen LogP contribution in [-0.2, 0) is 9.53 Å². The normalized spacial score (nSPS) is 21.4. The highest BCUT2D eigenvalue weighted by atomic mass is 16.6. The fraction of sp³-hybridized carbons (Fsp3) is 0.458. The lowest BCUT2D eigenvalue weighted by molar-refractivity contribution is -0.385. The van der Waals surface area contributed by atoms with E-state index >= 15 is 0 Å². The number of hydrogen-bond donors (Lipinski definition) is 0. The number of likely N-dealkylation sites (tertiary alicyclic amines) is 1. The Kier molecular flexibility index (Phi) is 6.53. The summed E-state index contributed by atoms with van der Waals surface area (Å²) >= 11 is 0. The third kappa shape index (κ3) is 4.79. The van der Waals surface area contributed by atoms with Crippen LogP contribution in [-0.4, -0.2) is 72.2 Å². The van der Waals surface area contributed by atoms with Crippen LogP contribution in [0.2, 0.25) is 0 Å². The van der Waals surface area contributed by atoms with E-state index in [2.05, 4.69) is 18.7 Å². The van der Waals surface area contributed by atoms with Gasteiger partial charge in [-0.15, -0.1) is 0 Å². The predicted molar refractivity (Wildman–Crippen MR) is 121 cm³/mol. The van der Waals surface area contributed by atoms with Crippen molar-refractivity contribution in [2.75, 3.05) is 40.0 Å². The largest absolute Gasteiger partial charge is 0.497 e. The van der Waals surface area contributed by atoms with Gasteiger partial charge in [-0.1, -0.05) is 18.2 Å². The SMILES string of the molecule is COc1cccc(C2C(Oc3cccc([N+](=O)[O-])c3)C(=O)N2CC(C)(C)N2CCOCC2)c1. The molecule has 2 atom stereocenters. The third-order valence-electron chi connectivity index (χ3n) is 6.30. The lowest BCUT2D eigenvalue weighted by Crippen LogP contribution is -2.66. The van der Waals surface area contributed by atoms with Gasteiger partial charge in [-0.2, -0.15) is 0 Å². The number of ether oxygens (including phenoxy) is 3. The van der Waals surface area contributed by atoms with Gasteiger partial charge in [0.15, 0.2) is 0 Å². The third-order valence-corrected chi connectivity index (χ3v) is 6.30. The first-order valence-electron chi connectivity index (χ1n) is 11.0. The van der Waals surface area contributed by atoms with Crippen molar-refractivity contribution in [1.29, 1.82) is 0 Å². The summed E-state index contributed by atoms with van der Waals surface area (Å²) in [6.45, 7) is 7.75. The van der Waals surface area contributed by atoms with Crippen molar-refractivity contribution in [2.24, 2.45) is 0 Å². The number of methoxy groups -OCH3 is 1. The van der Waals surface area contributed by atoms with E-state index in [0.717, 1.165) is 18.7 Å². The van der Waals surface area contributed by atoms with Gasteiger partial charge in [-0.25, -0.2) is 0 Å². The number of rotatable bonds is 8. The van der Waals surface area contributed by atoms with Gasteiger partial charge < -0.3 is 19.1 Å². The second kappa shape index (κ2) is 9.36. The zero-order valence-electron chi connectivity index (χ0n) is 19.1. The van der Waals surface area contributed by atoms with Gasteiger partial charge in [0.1, 0.15) is 17.5 Å². The molecule has 0 bridgehead atoms. The molecular weight excluding hydrogens is 426 g/mol. The molecule has 0 spiro atoms. The number of carbonyl (C=O) groups excluding carboxylic acids is 1. The van der Waals surface area contributed by atoms with Gasteiger partial charge in [-0.05, 0) is 37.6 Å². The van der Waals surface area contributed by atoms with E-state index in [4.69, 9.17) is 14.2 Å². The maximum Gasteiger partial charge on any atom is 0.273 e. The van der Waals surface area contributed by atoms with E-state index in [1.807, 2.05) is 29.2 Å². The number of nitro groups is 1. The van der Waals surface area contributed by atoms with E-state index < -0.39 is 11.0 Å². The highest BCUT2D eigenvalue weighted by Crippen LogP contribution is 2.40. The van der Waals surface area contributed by atoms with E-state index in [-0.39, 0.29) is 23.2 Å². The lowest BCUT2D eigenvalue weighted by Gasteiger charge is -2.52. The molecular formula is C24H29N3O6. The summed E-state index contributed by atoms with van der Waals surface area (Å²) in [4.78, 5) is 28.1. The molecule has 0 saturated carbocycles. The molecule has 0 aliphatic carbocycles. The number of β-lactam (4-membered cyclic amide) rings is 1. The van der Waals surface area contributed by atoms with Crippen LogP contribution in [0.25, 0.3) is 0 Å². The van der Waals surface area contributed by atoms with Crippen LogP contribution in [0.1, 0.15) is 25.5 Å². The molecule has 2 aromatic rings. The first kappa shape index (κ1) is 23.0. The van der Waals surface area contributed by atoms with Crippen molar-refractivity contribution >= 4 is 11.6 Å². The molecule has 2 aromatic carbocycles. The Balaban J connectivity index is 1.60. The quantitative estimate of drug-likeness (QED) is 0.343. The van der Waals surface area contributed by atoms with E-state index in [0.29, 0.717) is 31.3 Å². The molecule has 2 aliphatic heterocycles. The minimum absolute atomic E-state index is 0.0810. The van der Waals surface area contributed by atoms with Gasteiger partial charge in [0.2, 0.25) is 6.10 Å². The molecule has 33 heavy (non-hydrogen) atoms. The molecule has 4 rings (SSSR count). The number of nitro benzene ring substituents is 1. The fourth-order valence-corrected chi connectivity index (χ4v) is 4.49. The molecule has 2 aliphatic rings. The summed E-state index contributed by atoms with van der Waals surface area (Å²) in [6.07, 6.45) is -0.778. The van der Waals surface area contributed by atoms with Crippen LogP contribution in [0, 0.1) is 10.1 Å². The van der Waals surface area contributed by atoms with Crippen LogP contribution in [0.4, 0.5) is 5.69 Å². The Hall–Kier alpha value is -3.17. The molecule has 9 heteroatoms. The molecule has 0 N–H and O–H groups in total. The summed E-state index contributed by atoms with van der Waals surface area (Å²) in [6, 6.07) is 13.2. The van der Waals surface area contributed by atoms with Gasteiger partial charge >= 0.3 is 0 Å². The molecule has 1 amide bonds. The van der Waals surface area contributed by atoms with Crippen molar-refractivity contribution in [3.63, 3.8) is 0 Å². The van der Waals surface area contributed by atoms with Crippen molar-refractivity contribution < 1.29 is 23.9 Å². The van der Waals surface area contributed by atoms with Crippen LogP contribution in [0.3, 0.4) is 0 Å². The Bertz CT molecular complexity index is 1020. The molecule has 2 fully saturated rings. The van der Waals surface area contributed by atoms with Crippen molar-refractivity contribution in [2.45, 2.75) is 31.5 Å². The highest BCUT2D eigenvalue weighted by molar-refractivity contribution is 5.89. The summed E-state index contributed by atoms with van der Waals surface area (Å²) in [5.74, 6) is 0.839. The number of carbonyl (C=O) groups is 1. The van der Waals surface area contributed by atoms with Gasteiger partial charge in [0, 0.05) is 31.2 Å². The van der Waals surface area contributed by atoms with Crippen LogP contribution >= 0.6 is 0 Å². The Morgan fingerprint density at radius 2 is 1.82 bits per heavy atom. The Morgan fingerprint density at radius 3 is 2.52 bits per heavy atom. The number of non-ortho nitro benzene ring substituents is 1. The van der Waals surface area contributed by atoms with Gasteiger partial charge in [0.05, 0.1) is 31.3 Å². The zero-order chi connectivity index (χ0) is 23.6. The second-order valence-corrected chi connectivity index (χ2v) is 8.89.